The summed E-state index contributed by atoms with van der Waals surface area (Å²) in [6, 6.07) is 6.93. The Morgan fingerprint density at radius 3 is 2.44 bits per heavy atom. The number of carbonyl (C=O) groups is 2. The van der Waals surface area contributed by atoms with E-state index in [0.29, 0.717) is 32.1 Å². The van der Waals surface area contributed by atoms with Crippen LogP contribution < -0.4 is 5.32 Å². The number of alkyl halides is 5. The van der Waals surface area contributed by atoms with Crippen molar-refractivity contribution >= 4 is 11.8 Å². The second-order valence-corrected chi connectivity index (χ2v) is 13.4. The number of carbonyl (C=O) groups excluding carboxylic acids is 2. The zero-order chi connectivity index (χ0) is 30.9. The molecule has 1 heterocycles. The lowest BCUT2D eigenvalue weighted by Crippen LogP contribution is -2.65. The van der Waals surface area contributed by atoms with Gasteiger partial charge in [0, 0.05) is 17.8 Å². The normalized spacial score (nSPS) is 35.2. The van der Waals surface area contributed by atoms with E-state index in [1.807, 2.05) is 12.1 Å². The van der Waals surface area contributed by atoms with Crippen LogP contribution in [-0.4, -0.2) is 47.1 Å². The zero-order valence-electron chi connectivity index (χ0n) is 24.4. The molecule has 0 aromatic heterocycles. The van der Waals surface area contributed by atoms with Crippen molar-refractivity contribution in [3.8, 4) is 0 Å². The molecule has 10 heteroatoms. The Balaban J connectivity index is 1.38. The van der Waals surface area contributed by atoms with Gasteiger partial charge in [0.15, 0.2) is 5.78 Å². The number of nitrogens with one attached hydrogen (secondary N) is 1. The minimum Gasteiger partial charge on any atom is -0.457 e. The molecule has 234 valence electrons. The van der Waals surface area contributed by atoms with E-state index in [9.17, 15) is 27.9 Å². The number of halogens is 5. The van der Waals surface area contributed by atoms with E-state index >= 15 is 8.78 Å². The molecule has 3 unspecified atom stereocenters. The van der Waals surface area contributed by atoms with Crippen LogP contribution in [0.3, 0.4) is 0 Å². The van der Waals surface area contributed by atoms with E-state index in [1.54, 1.807) is 25.1 Å². The highest BCUT2D eigenvalue weighted by Crippen LogP contribution is 2.70. The van der Waals surface area contributed by atoms with Crippen molar-refractivity contribution in [1.29, 1.82) is 0 Å². The van der Waals surface area contributed by atoms with E-state index in [2.05, 4.69) is 5.32 Å². The van der Waals surface area contributed by atoms with Crippen LogP contribution in [0.2, 0.25) is 0 Å². The summed E-state index contributed by atoms with van der Waals surface area (Å²) >= 11 is 0. The van der Waals surface area contributed by atoms with Crippen molar-refractivity contribution < 1.29 is 41.4 Å². The highest BCUT2D eigenvalue weighted by Gasteiger charge is 2.79. The molecule has 0 amide bonds. The number of fused-ring (bicyclic) bond motifs is 4. The van der Waals surface area contributed by atoms with E-state index in [4.69, 9.17) is 4.74 Å². The third-order valence-corrected chi connectivity index (χ3v) is 11.2. The van der Waals surface area contributed by atoms with Crippen molar-refractivity contribution in [3.05, 3.63) is 58.2 Å². The van der Waals surface area contributed by atoms with Crippen molar-refractivity contribution in [2.45, 2.75) is 107 Å². The molecule has 1 saturated heterocycles. The Bertz CT molecular complexity index is 1360. The maximum absolute atomic E-state index is 15.2. The van der Waals surface area contributed by atoms with Gasteiger partial charge in [0.1, 0.15) is 17.7 Å². The van der Waals surface area contributed by atoms with Crippen molar-refractivity contribution in [2.75, 3.05) is 6.54 Å². The molecule has 1 aliphatic heterocycles. The molecule has 4 aliphatic carbocycles. The van der Waals surface area contributed by atoms with Gasteiger partial charge in [-0.2, -0.15) is 22.0 Å². The summed E-state index contributed by atoms with van der Waals surface area (Å²) in [7, 11) is 0. The molecule has 0 radical (unpaired) electrons. The Morgan fingerprint density at radius 1 is 1.07 bits per heavy atom. The topological polar surface area (TPSA) is 75.6 Å². The van der Waals surface area contributed by atoms with Crippen LogP contribution in [0.1, 0.15) is 94.8 Å². The molecule has 5 nitrogen and oxygen atoms in total. The third kappa shape index (κ3) is 4.69. The number of benzene rings is 1. The molecule has 2 N–H and O–H groups in total. The predicted molar refractivity (Wildman–Crippen MR) is 148 cm³/mol. The predicted octanol–water partition coefficient (Wildman–Crippen LogP) is 6.87. The van der Waals surface area contributed by atoms with Gasteiger partial charge in [0.05, 0.1) is 0 Å². The van der Waals surface area contributed by atoms with Crippen LogP contribution in [-0.2, 0) is 14.3 Å². The molecule has 0 spiro atoms. The number of allylic oxidation sites excluding steroid dienone is 4. The maximum Gasteiger partial charge on any atom is 0.456 e. The Labute approximate surface area is 247 Å². The molecule has 2 saturated carbocycles. The summed E-state index contributed by atoms with van der Waals surface area (Å²) in [6.45, 7) is 3.95. The minimum atomic E-state index is -5.89. The van der Waals surface area contributed by atoms with Gasteiger partial charge >= 0.3 is 18.1 Å². The van der Waals surface area contributed by atoms with Crippen LogP contribution in [0.4, 0.5) is 22.0 Å². The lowest BCUT2D eigenvalue weighted by atomic mass is 9.50. The van der Waals surface area contributed by atoms with E-state index in [1.165, 1.54) is 6.92 Å². The largest absolute Gasteiger partial charge is 0.457 e. The van der Waals surface area contributed by atoms with Crippen LogP contribution in [0.15, 0.2) is 47.1 Å². The molecule has 0 bridgehead atoms. The average Bonchev–Trinajstić information content (AvgIpc) is 3.59. The standard InChI is InChI=1S/C33H38F5NO4/c1-18(43-29(41)27-4-3-15-39-27)19-5-7-20(8-6-19)25-17-30(2)26(13-14-31(30,42)32(34,35)33(36,37)38)24-11-9-21-16-22(40)10-12-23(21)28(24)25/h5-8,16,18,24-27,39,42H,3-4,9-15,17H2,1-2H3/t18?,24?,25-,26?,27+,30+,31+/m1/s1. The molecule has 5 aliphatic rings. The van der Waals surface area contributed by atoms with Gasteiger partial charge in [-0.1, -0.05) is 36.8 Å². The molecule has 1 aromatic rings. The van der Waals surface area contributed by atoms with E-state index < -0.39 is 47.5 Å². The number of hydrogen-bond acceptors (Lipinski definition) is 5. The first-order valence-electron chi connectivity index (χ1n) is 15.4. The van der Waals surface area contributed by atoms with Crippen LogP contribution in [0.5, 0.6) is 0 Å². The van der Waals surface area contributed by atoms with Gasteiger partial charge < -0.3 is 15.2 Å². The molecule has 3 fully saturated rings. The molecular weight excluding hydrogens is 569 g/mol. The summed E-state index contributed by atoms with van der Waals surface area (Å²) in [6.07, 6.45) is -1.85. The SMILES string of the molecule is CC(OC(=O)[C@@H]1CCCN1)c1ccc([C@H]2C[C@@]3(C)C(CC[C@@]3(O)C(F)(F)C(F)(F)F)C3CCC4=CC(=O)CCC4=C32)cc1. The first kappa shape index (κ1) is 30.4. The fourth-order valence-electron chi connectivity index (χ4n) is 8.92. The highest BCUT2D eigenvalue weighted by atomic mass is 19.4. The van der Waals surface area contributed by atoms with Crippen molar-refractivity contribution in [1.82, 2.24) is 5.32 Å². The summed E-state index contributed by atoms with van der Waals surface area (Å²) in [4.78, 5) is 24.8. The second kappa shape index (κ2) is 10.5. The van der Waals surface area contributed by atoms with Gasteiger partial charge in [-0.05, 0) is 105 Å². The van der Waals surface area contributed by atoms with E-state index in [0.717, 1.165) is 40.8 Å². The van der Waals surface area contributed by atoms with Gasteiger partial charge in [-0.15, -0.1) is 0 Å². The second-order valence-electron chi connectivity index (χ2n) is 13.4. The number of ketones is 1. The summed E-state index contributed by atoms with van der Waals surface area (Å²) in [5.74, 6) is -6.90. The first-order valence-corrected chi connectivity index (χ1v) is 15.4. The Kier molecular flexibility index (Phi) is 7.43. The zero-order valence-corrected chi connectivity index (χ0v) is 24.4. The Morgan fingerprint density at radius 2 is 1.79 bits per heavy atom. The fourth-order valence-corrected chi connectivity index (χ4v) is 8.92. The summed E-state index contributed by atoms with van der Waals surface area (Å²) < 4.78 is 77.4. The maximum atomic E-state index is 15.2. The summed E-state index contributed by atoms with van der Waals surface area (Å²) in [5, 5.41) is 14.5. The lowest BCUT2D eigenvalue weighted by molar-refractivity contribution is -0.362. The van der Waals surface area contributed by atoms with Crippen LogP contribution >= 0.6 is 0 Å². The summed E-state index contributed by atoms with van der Waals surface area (Å²) in [5.41, 5.74) is -0.488. The molecule has 1 aromatic carbocycles. The van der Waals surface area contributed by atoms with Gasteiger partial charge in [-0.25, -0.2) is 0 Å². The quantitative estimate of drug-likeness (QED) is 0.282. The number of esters is 1. The number of rotatable bonds is 5. The van der Waals surface area contributed by atoms with Crippen LogP contribution in [0, 0.1) is 17.3 Å². The van der Waals surface area contributed by atoms with Crippen molar-refractivity contribution in [3.63, 3.8) is 0 Å². The average molecular weight is 608 g/mol. The molecule has 7 atom stereocenters. The molecule has 6 rings (SSSR count). The van der Waals surface area contributed by atoms with Crippen LogP contribution in [0.25, 0.3) is 0 Å². The molecule has 43 heavy (non-hydrogen) atoms. The third-order valence-electron chi connectivity index (χ3n) is 11.2. The lowest BCUT2D eigenvalue weighted by Gasteiger charge is -2.56. The first-order chi connectivity index (χ1) is 20.2. The Hall–Kier alpha value is -2.59. The smallest absolute Gasteiger partial charge is 0.456 e. The van der Waals surface area contributed by atoms with E-state index in [-0.39, 0.29) is 36.6 Å². The van der Waals surface area contributed by atoms with Gasteiger partial charge in [0.2, 0.25) is 0 Å². The monoisotopic (exact) mass is 607 g/mol. The van der Waals surface area contributed by atoms with Gasteiger partial charge in [0.25, 0.3) is 0 Å². The number of ether oxygens (including phenoxy) is 1. The number of aliphatic hydroxyl groups is 1. The highest BCUT2D eigenvalue weighted by molar-refractivity contribution is 5.93. The molecular formula is C33H38F5NO4. The van der Waals surface area contributed by atoms with Gasteiger partial charge in [-0.3, -0.25) is 9.59 Å². The van der Waals surface area contributed by atoms with Crippen molar-refractivity contribution in [2.24, 2.45) is 17.3 Å². The minimum absolute atomic E-state index is 0.0377. The number of hydrogen-bond donors (Lipinski definition) is 2. The fraction of sp³-hybridized carbons (Fsp3) is 0.636.